The van der Waals surface area contributed by atoms with Gasteiger partial charge in [0.25, 0.3) is 0 Å². The number of hydrogen-bond acceptors (Lipinski definition) is 5. The first-order valence-electron chi connectivity index (χ1n) is 5.05. The van der Waals surface area contributed by atoms with Gasteiger partial charge in [-0.25, -0.2) is 4.58 Å². The number of rotatable bonds is 6. The van der Waals surface area contributed by atoms with Crippen molar-refractivity contribution in [3.05, 3.63) is 35.9 Å². The smallest absolute Gasteiger partial charge is 0.366 e. The van der Waals surface area contributed by atoms with Crippen molar-refractivity contribution >= 4 is 18.8 Å². The zero-order chi connectivity index (χ0) is 12.0. The zero-order valence-corrected chi connectivity index (χ0v) is 11.5. The van der Waals surface area contributed by atoms with Gasteiger partial charge >= 0.3 is 9.05 Å². The van der Waals surface area contributed by atoms with Crippen LogP contribution < -0.4 is 0 Å². The molecule has 0 amide bonds. The molecule has 1 aromatic rings. The van der Waals surface area contributed by atoms with Crippen LogP contribution >= 0.6 is 0 Å². The molecule has 1 unspecified atom stereocenters. The Hall–Kier alpha value is -0.546. The molecule has 0 saturated carbocycles. The lowest BCUT2D eigenvalue weighted by atomic mass is 10.1. The summed E-state index contributed by atoms with van der Waals surface area (Å²) in [6.07, 6.45) is 0.885. The maximum atomic E-state index is 8.60. The van der Waals surface area contributed by atoms with Gasteiger partial charge in [0.1, 0.15) is 0 Å². The van der Waals surface area contributed by atoms with Crippen molar-refractivity contribution in [2.24, 2.45) is 0 Å². The molecule has 0 saturated heterocycles. The van der Waals surface area contributed by atoms with Gasteiger partial charge in [-0.15, -0.1) is 0 Å². The summed E-state index contributed by atoms with van der Waals surface area (Å²) in [6.45, 7) is 2.02. The molecule has 16 heavy (non-hydrogen) atoms. The van der Waals surface area contributed by atoms with Gasteiger partial charge in [0.05, 0.1) is 0 Å². The lowest BCUT2D eigenvalue weighted by molar-refractivity contribution is -0.179. The molecule has 0 spiro atoms. The van der Waals surface area contributed by atoms with Gasteiger partial charge < -0.3 is 14.4 Å². The van der Waals surface area contributed by atoms with Gasteiger partial charge in [-0.3, -0.25) is 4.58 Å². The highest BCUT2D eigenvalue weighted by Gasteiger charge is 2.32. The fourth-order valence-electron chi connectivity index (χ4n) is 1.37. The quantitative estimate of drug-likeness (QED) is 0.368. The minimum absolute atomic E-state index is 0.234. The minimum Gasteiger partial charge on any atom is -0.366 e. The van der Waals surface area contributed by atoms with Crippen LogP contribution in [0.3, 0.4) is 0 Å². The summed E-state index contributed by atoms with van der Waals surface area (Å²) in [5, 5.41) is 0. The van der Waals surface area contributed by atoms with Crippen molar-refractivity contribution in [2.75, 3.05) is 0 Å². The van der Waals surface area contributed by atoms with Gasteiger partial charge in [0.15, 0.2) is 0 Å². The first-order chi connectivity index (χ1) is 7.53. The molecule has 0 aromatic heterocycles. The Morgan fingerprint density at radius 1 is 1.25 bits per heavy atom. The number of benzene rings is 1. The van der Waals surface area contributed by atoms with E-state index in [9.17, 15) is 0 Å². The molecule has 7 heteroatoms. The van der Waals surface area contributed by atoms with Crippen molar-refractivity contribution in [1.29, 1.82) is 0 Å². The lowest BCUT2D eigenvalue weighted by Crippen LogP contribution is -2.39. The highest BCUT2D eigenvalue weighted by atomic mass is 28.4. The van der Waals surface area contributed by atoms with Crippen LogP contribution in [0.4, 0.5) is 0 Å². The average molecular weight is 260 g/mol. The molecular weight excluding hydrogens is 244 g/mol. The van der Waals surface area contributed by atoms with Crippen LogP contribution in [-0.4, -0.2) is 33.2 Å². The molecule has 0 aliphatic heterocycles. The minimum atomic E-state index is -4.53. The van der Waals surface area contributed by atoms with Crippen LogP contribution in [-0.2, 0) is 9.15 Å². The van der Waals surface area contributed by atoms with E-state index in [4.69, 9.17) is 19.0 Å². The van der Waals surface area contributed by atoms with Crippen LogP contribution in [0, 0.1) is 0 Å². The van der Waals surface area contributed by atoms with E-state index in [1.807, 2.05) is 37.3 Å². The average Bonchev–Trinajstić information content (AvgIpc) is 2.24. The first kappa shape index (κ1) is 13.5. The van der Waals surface area contributed by atoms with E-state index >= 15 is 0 Å². The Morgan fingerprint density at radius 3 is 2.38 bits per heavy atom. The third-order valence-corrected chi connectivity index (χ3v) is 4.49. The third kappa shape index (κ3) is 4.99. The van der Waals surface area contributed by atoms with Crippen LogP contribution in [0.2, 0.25) is 0 Å². The molecule has 3 N–H and O–H groups in total. The van der Waals surface area contributed by atoms with Crippen molar-refractivity contribution in [2.45, 2.75) is 18.9 Å². The van der Waals surface area contributed by atoms with Gasteiger partial charge in [0.2, 0.25) is 9.76 Å². The standard InChI is InChI=1S/C9H16O5Si2/c1-2-9(8-6-4-3-5-7-8)15-13-14-16(10,11)12/h3-7,9-12H,2,15H2,1H3. The first-order valence-corrected chi connectivity index (χ1v) is 8.20. The summed E-state index contributed by atoms with van der Waals surface area (Å²) < 4.78 is 8.91. The van der Waals surface area contributed by atoms with Crippen molar-refractivity contribution in [3.63, 3.8) is 0 Å². The topological polar surface area (TPSA) is 79.2 Å². The van der Waals surface area contributed by atoms with E-state index in [1.165, 1.54) is 0 Å². The Kier molecular flexibility index (Phi) is 5.28. The Labute approximate surface area is 97.6 Å². The van der Waals surface area contributed by atoms with E-state index in [1.54, 1.807) is 0 Å². The van der Waals surface area contributed by atoms with Gasteiger partial charge in [0, 0.05) is 5.54 Å². The molecule has 0 aliphatic carbocycles. The van der Waals surface area contributed by atoms with Gasteiger partial charge in [-0.2, -0.15) is 0 Å². The summed E-state index contributed by atoms with van der Waals surface area (Å²) in [7, 11) is -5.65. The van der Waals surface area contributed by atoms with Gasteiger partial charge in [-0.05, 0) is 12.0 Å². The van der Waals surface area contributed by atoms with E-state index < -0.39 is 18.8 Å². The highest BCUT2D eigenvalue weighted by Crippen LogP contribution is 2.17. The van der Waals surface area contributed by atoms with E-state index in [0.29, 0.717) is 0 Å². The molecule has 0 fully saturated rings. The maximum Gasteiger partial charge on any atom is 0.698 e. The molecule has 1 rings (SSSR count). The fourth-order valence-corrected chi connectivity index (χ4v) is 3.14. The van der Waals surface area contributed by atoms with Crippen LogP contribution in [0.15, 0.2) is 30.3 Å². The normalized spacial score (nSPS) is 14.5. The fraction of sp³-hybridized carbons (Fsp3) is 0.333. The van der Waals surface area contributed by atoms with Crippen LogP contribution in [0.25, 0.3) is 0 Å². The van der Waals surface area contributed by atoms with Crippen molar-refractivity contribution in [3.8, 4) is 0 Å². The Morgan fingerprint density at radius 2 is 1.88 bits per heavy atom. The highest BCUT2D eigenvalue weighted by molar-refractivity contribution is 6.48. The molecule has 1 aromatic carbocycles. The molecule has 90 valence electrons. The molecular formula is C9H16O5Si2. The van der Waals surface area contributed by atoms with E-state index in [-0.39, 0.29) is 5.54 Å². The van der Waals surface area contributed by atoms with Crippen molar-refractivity contribution in [1.82, 2.24) is 0 Å². The van der Waals surface area contributed by atoms with Crippen LogP contribution in [0.1, 0.15) is 24.4 Å². The lowest BCUT2D eigenvalue weighted by Gasteiger charge is -2.15. The summed E-state index contributed by atoms with van der Waals surface area (Å²) in [4.78, 5) is 25.8. The summed E-state index contributed by atoms with van der Waals surface area (Å²) >= 11 is 0. The zero-order valence-electron chi connectivity index (χ0n) is 9.04. The van der Waals surface area contributed by atoms with Gasteiger partial charge in [-0.1, -0.05) is 37.3 Å². The summed E-state index contributed by atoms with van der Waals surface area (Å²) in [5.74, 6) is 0. The third-order valence-electron chi connectivity index (χ3n) is 2.20. The summed E-state index contributed by atoms with van der Waals surface area (Å²) in [5.41, 5.74) is 1.37. The largest absolute Gasteiger partial charge is 0.698 e. The Bertz CT molecular complexity index is 301. The molecule has 0 heterocycles. The maximum absolute atomic E-state index is 8.60. The molecule has 5 nitrogen and oxygen atoms in total. The second-order valence-electron chi connectivity index (χ2n) is 3.46. The molecule has 0 aliphatic rings. The predicted octanol–water partition coefficient (Wildman–Crippen LogP) is -0.418. The SMILES string of the molecule is CCC([SiH2]OO[Si](O)(O)O)c1ccccc1. The van der Waals surface area contributed by atoms with Crippen molar-refractivity contribution < 1.29 is 23.5 Å². The second-order valence-corrected chi connectivity index (χ2v) is 6.33. The number of hydrogen-bond donors (Lipinski definition) is 3. The molecule has 1 atom stereocenters. The van der Waals surface area contributed by atoms with E-state index in [2.05, 4.69) is 4.58 Å². The molecule has 0 radical (unpaired) electrons. The Balaban J connectivity index is 2.45. The molecule has 0 bridgehead atoms. The predicted molar refractivity (Wildman–Crippen MR) is 62.6 cm³/mol. The monoisotopic (exact) mass is 260 g/mol. The van der Waals surface area contributed by atoms with E-state index in [0.717, 1.165) is 12.0 Å². The van der Waals surface area contributed by atoms with Crippen LogP contribution in [0.5, 0.6) is 0 Å². The second kappa shape index (κ2) is 6.25. The summed E-state index contributed by atoms with van der Waals surface area (Å²) in [6, 6.07) is 9.80.